The third kappa shape index (κ3) is 21.7. The maximum atomic E-state index is 8.70. The van der Waals surface area contributed by atoms with E-state index < -0.39 is 0 Å². The van der Waals surface area contributed by atoms with E-state index in [1.807, 2.05) is 0 Å². The first kappa shape index (κ1) is 22.7. The summed E-state index contributed by atoms with van der Waals surface area (Å²) in [5.74, 6) is 0. The van der Waals surface area contributed by atoms with Crippen molar-refractivity contribution in [2.75, 3.05) is 13.2 Å². The van der Waals surface area contributed by atoms with Crippen LogP contribution in [0, 0.1) is 0 Å². The Hall–Kier alpha value is -0.340. The maximum absolute atomic E-state index is 8.70. The fourth-order valence-corrected chi connectivity index (χ4v) is 2.71. The molecule has 0 spiro atoms. The molecule has 0 aliphatic heterocycles. The van der Waals surface area contributed by atoms with E-state index in [2.05, 4.69) is 26.0 Å². The zero-order valence-electron chi connectivity index (χ0n) is 15.9. The molecule has 138 valence electrons. The molecule has 0 bridgehead atoms. The van der Waals surface area contributed by atoms with E-state index in [9.17, 15) is 0 Å². The van der Waals surface area contributed by atoms with Crippen LogP contribution in [0.3, 0.4) is 0 Å². The lowest BCUT2D eigenvalue weighted by Gasteiger charge is -2.06. The first-order chi connectivity index (χ1) is 11.3. The van der Waals surface area contributed by atoms with Gasteiger partial charge in [0.05, 0.1) is 6.10 Å². The molecular weight excluding hydrogens is 284 g/mol. The summed E-state index contributed by atoms with van der Waals surface area (Å²) in [5, 5.41) is 8.70. The number of hydrogen-bond acceptors (Lipinski definition) is 2. The van der Waals surface area contributed by atoms with Gasteiger partial charge in [0, 0.05) is 13.2 Å². The van der Waals surface area contributed by atoms with Crippen LogP contribution >= 0.6 is 0 Å². The minimum atomic E-state index is 0.356. The Balaban J connectivity index is 3.06. The SMILES string of the molecule is CC(C)OCCCCCCCC/C=C\CCCCCCCCO. The molecule has 0 aliphatic rings. The van der Waals surface area contributed by atoms with Crippen molar-refractivity contribution >= 4 is 0 Å². The molecule has 0 aromatic carbocycles. The van der Waals surface area contributed by atoms with Gasteiger partial charge in [-0.2, -0.15) is 0 Å². The molecule has 0 aliphatic carbocycles. The average molecular weight is 327 g/mol. The predicted octanol–water partition coefficient (Wildman–Crippen LogP) is 6.42. The van der Waals surface area contributed by atoms with E-state index in [4.69, 9.17) is 9.84 Å². The van der Waals surface area contributed by atoms with Gasteiger partial charge in [0.2, 0.25) is 0 Å². The molecule has 2 nitrogen and oxygen atoms in total. The summed E-state index contributed by atoms with van der Waals surface area (Å²) in [4.78, 5) is 0. The van der Waals surface area contributed by atoms with Gasteiger partial charge in [-0.1, -0.05) is 63.5 Å². The highest BCUT2D eigenvalue weighted by Gasteiger charge is 1.94. The maximum Gasteiger partial charge on any atom is 0.0518 e. The Bertz CT molecular complexity index is 236. The third-order valence-corrected chi connectivity index (χ3v) is 4.16. The van der Waals surface area contributed by atoms with E-state index in [0.29, 0.717) is 12.7 Å². The summed E-state index contributed by atoms with van der Waals surface area (Å²) in [6, 6.07) is 0. The van der Waals surface area contributed by atoms with Crippen molar-refractivity contribution in [2.24, 2.45) is 0 Å². The van der Waals surface area contributed by atoms with Gasteiger partial charge in [-0.25, -0.2) is 0 Å². The van der Waals surface area contributed by atoms with E-state index in [1.54, 1.807) is 0 Å². The second kappa shape index (κ2) is 19.7. The molecule has 0 aromatic rings. The predicted molar refractivity (Wildman–Crippen MR) is 102 cm³/mol. The van der Waals surface area contributed by atoms with Gasteiger partial charge in [-0.05, 0) is 52.4 Å². The lowest BCUT2D eigenvalue weighted by Crippen LogP contribution is -2.03. The van der Waals surface area contributed by atoms with E-state index in [1.165, 1.54) is 83.5 Å². The number of rotatable bonds is 18. The smallest absolute Gasteiger partial charge is 0.0518 e. The first-order valence-electron chi connectivity index (χ1n) is 10.1. The first-order valence-corrected chi connectivity index (χ1v) is 10.1. The zero-order chi connectivity index (χ0) is 17.0. The topological polar surface area (TPSA) is 29.5 Å². The largest absolute Gasteiger partial charge is 0.396 e. The van der Waals surface area contributed by atoms with Crippen LogP contribution in [-0.2, 0) is 4.74 Å². The minimum Gasteiger partial charge on any atom is -0.396 e. The van der Waals surface area contributed by atoms with Crippen molar-refractivity contribution in [1.29, 1.82) is 0 Å². The fraction of sp³-hybridized carbons (Fsp3) is 0.905. The molecule has 0 aromatic heterocycles. The normalized spacial score (nSPS) is 11.8. The minimum absolute atomic E-state index is 0.356. The van der Waals surface area contributed by atoms with Crippen molar-refractivity contribution in [2.45, 2.75) is 110 Å². The van der Waals surface area contributed by atoms with Gasteiger partial charge in [0.1, 0.15) is 0 Å². The van der Waals surface area contributed by atoms with Gasteiger partial charge in [0.25, 0.3) is 0 Å². The fourth-order valence-electron chi connectivity index (χ4n) is 2.71. The number of ether oxygens (including phenoxy) is 1. The Labute approximate surface area is 145 Å². The van der Waals surface area contributed by atoms with Crippen molar-refractivity contribution in [1.82, 2.24) is 0 Å². The van der Waals surface area contributed by atoms with Crippen LogP contribution in [0.1, 0.15) is 104 Å². The molecule has 23 heavy (non-hydrogen) atoms. The van der Waals surface area contributed by atoms with Gasteiger partial charge in [-0.3, -0.25) is 0 Å². The molecule has 0 saturated heterocycles. The summed E-state index contributed by atoms with van der Waals surface area (Å²) in [6.45, 7) is 5.50. The summed E-state index contributed by atoms with van der Waals surface area (Å²) in [6.07, 6.45) is 23.1. The lowest BCUT2D eigenvalue weighted by molar-refractivity contribution is 0.0757. The monoisotopic (exact) mass is 326 g/mol. The zero-order valence-corrected chi connectivity index (χ0v) is 15.9. The van der Waals surface area contributed by atoms with Crippen LogP contribution in [0.2, 0.25) is 0 Å². The molecule has 0 unspecified atom stereocenters. The molecule has 0 atom stereocenters. The molecule has 0 heterocycles. The number of aliphatic hydroxyl groups is 1. The van der Waals surface area contributed by atoms with Gasteiger partial charge < -0.3 is 9.84 Å². The van der Waals surface area contributed by atoms with Gasteiger partial charge in [-0.15, -0.1) is 0 Å². The quantitative estimate of drug-likeness (QED) is 0.232. The van der Waals surface area contributed by atoms with Gasteiger partial charge in [0.15, 0.2) is 0 Å². The Morgan fingerprint density at radius 3 is 1.57 bits per heavy atom. The molecule has 0 rings (SSSR count). The summed E-state index contributed by atoms with van der Waals surface area (Å²) >= 11 is 0. The molecular formula is C21H42O2. The van der Waals surface area contributed by atoms with Crippen molar-refractivity contribution < 1.29 is 9.84 Å². The highest BCUT2D eigenvalue weighted by molar-refractivity contribution is 4.81. The standard InChI is InChI=1S/C21H42O2/c1-21(2)23-20-18-16-14-12-10-8-6-4-3-5-7-9-11-13-15-17-19-22/h3-4,21-22H,5-20H2,1-2H3/b4-3-. The summed E-state index contributed by atoms with van der Waals surface area (Å²) in [7, 11) is 0. The lowest BCUT2D eigenvalue weighted by atomic mass is 10.1. The Kier molecular flexibility index (Phi) is 19.4. The van der Waals surface area contributed by atoms with E-state index in [-0.39, 0.29) is 0 Å². The highest BCUT2D eigenvalue weighted by Crippen LogP contribution is 2.10. The van der Waals surface area contributed by atoms with Crippen molar-refractivity contribution in [3.8, 4) is 0 Å². The number of hydrogen-bond donors (Lipinski definition) is 1. The Morgan fingerprint density at radius 1 is 0.652 bits per heavy atom. The number of unbranched alkanes of at least 4 members (excludes halogenated alkanes) is 12. The summed E-state index contributed by atoms with van der Waals surface area (Å²) < 4.78 is 5.55. The number of aliphatic hydroxyl groups excluding tert-OH is 1. The van der Waals surface area contributed by atoms with Crippen LogP contribution in [0.5, 0.6) is 0 Å². The molecule has 2 heteroatoms. The van der Waals surface area contributed by atoms with E-state index >= 15 is 0 Å². The molecule has 0 amide bonds. The van der Waals surface area contributed by atoms with Crippen molar-refractivity contribution in [3.05, 3.63) is 12.2 Å². The van der Waals surface area contributed by atoms with Crippen LogP contribution in [0.4, 0.5) is 0 Å². The van der Waals surface area contributed by atoms with Crippen LogP contribution < -0.4 is 0 Å². The molecule has 0 saturated carbocycles. The Morgan fingerprint density at radius 2 is 1.09 bits per heavy atom. The van der Waals surface area contributed by atoms with Gasteiger partial charge >= 0.3 is 0 Å². The summed E-state index contributed by atoms with van der Waals surface area (Å²) in [5.41, 5.74) is 0. The van der Waals surface area contributed by atoms with Crippen LogP contribution in [0.25, 0.3) is 0 Å². The molecule has 1 N–H and O–H groups in total. The third-order valence-electron chi connectivity index (χ3n) is 4.16. The highest BCUT2D eigenvalue weighted by atomic mass is 16.5. The average Bonchev–Trinajstić information content (AvgIpc) is 2.53. The second-order valence-corrected chi connectivity index (χ2v) is 6.93. The second-order valence-electron chi connectivity index (χ2n) is 6.93. The van der Waals surface area contributed by atoms with Crippen molar-refractivity contribution in [3.63, 3.8) is 0 Å². The van der Waals surface area contributed by atoms with Crippen LogP contribution in [-0.4, -0.2) is 24.4 Å². The van der Waals surface area contributed by atoms with Crippen LogP contribution in [0.15, 0.2) is 12.2 Å². The van der Waals surface area contributed by atoms with E-state index in [0.717, 1.165) is 13.0 Å². The molecule has 0 radical (unpaired) electrons. The molecule has 0 fully saturated rings. The number of allylic oxidation sites excluding steroid dienone is 2.